The summed E-state index contributed by atoms with van der Waals surface area (Å²) in [4.78, 5) is 14.4. The number of nitrogen functional groups attached to an aromatic ring is 1. The van der Waals surface area contributed by atoms with Gasteiger partial charge >= 0.3 is 0 Å². The maximum absolute atomic E-state index is 12.6. The van der Waals surface area contributed by atoms with Gasteiger partial charge in [0.1, 0.15) is 5.76 Å². The van der Waals surface area contributed by atoms with E-state index in [9.17, 15) is 4.79 Å². The average molecular weight is 270 g/mol. The Hall–Kier alpha value is -2.23. The number of carbonyl (C=O) groups excluding carboxylic acids is 1. The monoisotopic (exact) mass is 270 g/mol. The first kappa shape index (κ1) is 12.8. The average Bonchev–Trinajstić information content (AvgIpc) is 3.01. The van der Waals surface area contributed by atoms with Gasteiger partial charge in [0.2, 0.25) is 0 Å². The van der Waals surface area contributed by atoms with Crippen LogP contribution in [0.1, 0.15) is 35.7 Å². The zero-order valence-corrected chi connectivity index (χ0v) is 11.7. The molecule has 0 spiro atoms. The number of aryl methyl sites for hydroxylation is 1. The lowest BCUT2D eigenvalue weighted by molar-refractivity contribution is 0.0953. The third kappa shape index (κ3) is 1.97. The maximum Gasteiger partial charge on any atom is 0.294 e. The highest BCUT2D eigenvalue weighted by Gasteiger charge is 2.32. The van der Waals surface area contributed by atoms with Gasteiger partial charge in [-0.05, 0) is 49.2 Å². The Morgan fingerprint density at radius 1 is 1.40 bits per heavy atom. The van der Waals surface area contributed by atoms with Crippen LogP contribution >= 0.6 is 0 Å². The molecule has 0 fully saturated rings. The Balaban J connectivity index is 1.96. The van der Waals surface area contributed by atoms with Gasteiger partial charge in [0.05, 0.1) is 0 Å². The second-order valence-corrected chi connectivity index (χ2v) is 5.24. The van der Waals surface area contributed by atoms with Gasteiger partial charge in [-0.3, -0.25) is 4.79 Å². The van der Waals surface area contributed by atoms with Crippen LogP contribution in [0.15, 0.2) is 34.7 Å². The van der Waals surface area contributed by atoms with Gasteiger partial charge in [0.15, 0.2) is 5.76 Å². The Bertz CT molecular complexity index is 660. The molecule has 4 nitrogen and oxygen atoms in total. The maximum atomic E-state index is 12.6. The summed E-state index contributed by atoms with van der Waals surface area (Å²) in [7, 11) is 0. The van der Waals surface area contributed by atoms with Crippen molar-refractivity contribution in [2.45, 2.75) is 32.7 Å². The minimum absolute atomic E-state index is 0.0827. The van der Waals surface area contributed by atoms with Crippen molar-refractivity contribution < 1.29 is 9.21 Å². The smallest absolute Gasteiger partial charge is 0.294 e. The van der Waals surface area contributed by atoms with E-state index in [0.717, 1.165) is 35.5 Å². The molecule has 20 heavy (non-hydrogen) atoms. The van der Waals surface area contributed by atoms with Crippen LogP contribution < -0.4 is 10.6 Å². The summed E-state index contributed by atoms with van der Waals surface area (Å²) < 4.78 is 5.58. The number of nitrogens with two attached hydrogens (primary N) is 1. The molecule has 3 rings (SSSR count). The van der Waals surface area contributed by atoms with Crippen molar-refractivity contribution in [2.24, 2.45) is 0 Å². The number of fused-ring (bicyclic) bond motifs is 1. The largest absolute Gasteiger partial charge is 0.456 e. The summed E-state index contributed by atoms with van der Waals surface area (Å²) in [5.74, 6) is 1.15. The lowest BCUT2D eigenvalue weighted by Gasteiger charge is -2.21. The van der Waals surface area contributed by atoms with Crippen LogP contribution in [0.2, 0.25) is 0 Å². The molecule has 1 aliphatic heterocycles. The van der Waals surface area contributed by atoms with Crippen molar-refractivity contribution in [3.8, 4) is 0 Å². The molecule has 0 saturated carbocycles. The number of nitrogens with zero attached hydrogens (tertiary/aromatic N) is 1. The van der Waals surface area contributed by atoms with Crippen molar-refractivity contribution in [3.05, 3.63) is 47.4 Å². The van der Waals surface area contributed by atoms with Gasteiger partial charge in [-0.25, -0.2) is 0 Å². The van der Waals surface area contributed by atoms with E-state index in [1.807, 2.05) is 38.1 Å². The predicted molar refractivity (Wildman–Crippen MR) is 78.9 cm³/mol. The number of anilines is 2. The van der Waals surface area contributed by atoms with Crippen molar-refractivity contribution in [1.82, 2.24) is 0 Å². The van der Waals surface area contributed by atoms with Crippen molar-refractivity contribution in [2.75, 3.05) is 10.6 Å². The fraction of sp³-hybridized carbons (Fsp3) is 0.312. The zero-order valence-electron chi connectivity index (χ0n) is 11.7. The first-order valence-electron chi connectivity index (χ1n) is 6.90. The second kappa shape index (κ2) is 4.71. The molecule has 1 unspecified atom stereocenters. The molecule has 4 heteroatoms. The Kier molecular flexibility index (Phi) is 3.01. The molecule has 1 amide bonds. The summed E-state index contributed by atoms with van der Waals surface area (Å²) >= 11 is 0. The Labute approximate surface area is 118 Å². The summed E-state index contributed by atoms with van der Waals surface area (Å²) in [5, 5.41) is 0. The van der Waals surface area contributed by atoms with Crippen molar-refractivity contribution >= 4 is 17.3 Å². The van der Waals surface area contributed by atoms with E-state index < -0.39 is 0 Å². The third-order valence-electron chi connectivity index (χ3n) is 3.76. The van der Waals surface area contributed by atoms with E-state index in [0.29, 0.717) is 5.76 Å². The quantitative estimate of drug-likeness (QED) is 0.853. The van der Waals surface area contributed by atoms with Crippen LogP contribution in [-0.2, 0) is 12.8 Å². The van der Waals surface area contributed by atoms with Crippen molar-refractivity contribution in [3.63, 3.8) is 0 Å². The standard InChI is InChI=1S/C16H18N2O2/c1-3-13-5-7-15(20-13)16(19)18-10(2)8-11-9-12(17)4-6-14(11)18/h4-7,9-10H,3,8,17H2,1-2H3. The molecule has 0 saturated heterocycles. The normalized spacial score (nSPS) is 17.3. The first-order chi connectivity index (χ1) is 9.60. The molecular weight excluding hydrogens is 252 g/mol. The molecule has 1 aromatic heterocycles. The van der Waals surface area contributed by atoms with Crippen LogP contribution in [0.5, 0.6) is 0 Å². The number of hydrogen-bond acceptors (Lipinski definition) is 3. The Morgan fingerprint density at radius 3 is 2.90 bits per heavy atom. The van der Waals surface area contributed by atoms with Crippen LogP contribution in [0.4, 0.5) is 11.4 Å². The van der Waals surface area contributed by atoms with Crippen LogP contribution in [0.25, 0.3) is 0 Å². The molecule has 2 N–H and O–H groups in total. The van der Waals surface area contributed by atoms with Gasteiger partial charge in [0.25, 0.3) is 5.91 Å². The molecular formula is C16H18N2O2. The van der Waals surface area contributed by atoms with Gasteiger partial charge in [-0.15, -0.1) is 0 Å². The molecule has 2 heterocycles. The van der Waals surface area contributed by atoms with E-state index in [-0.39, 0.29) is 11.9 Å². The lowest BCUT2D eigenvalue weighted by atomic mass is 10.1. The highest BCUT2D eigenvalue weighted by molar-refractivity contribution is 6.06. The highest BCUT2D eigenvalue weighted by Crippen LogP contribution is 2.34. The molecule has 104 valence electrons. The van der Waals surface area contributed by atoms with Crippen LogP contribution in [0, 0.1) is 0 Å². The van der Waals surface area contributed by atoms with Crippen molar-refractivity contribution in [1.29, 1.82) is 0 Å². The SMILES string of the molecule is CCc1ccc(C(=O)N2c3ccc(N)cc3CC2C)o1. The summed E-state index contributed by atoms with van der Waals surface area (Å²) in [6.07, 6.45) is 1.61. The first-order valence-corrected chi connectivity index (χ1v) is 6.90. The van der Waals surface area contributed by atoms with Gasteiger partial charge < -0.3 is 15.1 Å². The van der Waals surface area contributed by atoms with E-state index in [1.54, 1.807) is 11.0 Å². The molecule has 0 bridgehead atoms. The number of amides is 1. The predicted octanol–water partition coefficient (Wildman–Crippen LogP) is 3.02. The van der Waals surface area contributed by atoms with Crippen LogP contribution in [0.3, 0.4) is 0 Å². The Morgan fingerprint density at radius 2 is 2.20 bits per heavy atom. The zero-order chi connectivity index (χ0) is 14.3. The van der Waals surface area contributed by atoms with Gasteiger partial charge in [-0.2, -0.15) is 0 Å². The number of benzene rings is 1. The van der Waals surface area contributed by atoms with Gasteiger partial charge in [0, 0.05) is 23.8 Å². The fourth-order valence-electron chi connectivity index (χ4n) is 2.76. The molecule has 1 atom stereocenters. The molecule has 2 aromatic rings. The summed E-state index contributed by atoms with van der Waals surface area (Å²) in [6.45, 7) is 4.04. The minimum Gasteiger partial charge on any atom is -0.456 e. The van der Waals surface area contributed by atoms with E-state index in [2.05, 4.69) is 0 Å². The number of furan rings is 1. The number of hydrogen-bond donors (Lipinski definition) is 1. The molecule has 1 aliphatic rings. The molecule has 1 aromatic carbocycles. The summed E-state index contributed by atoms with van der Waals surface area (Å²) in [5.41, 5.74) is 8.60. The second-order valence-electron chi connectivity index (χ2n) is 5.24. The van der Waals surface area contributed by atoms with E-state index in [4.69, 9.17) is 10.2 Å². The lowest BCUT2D eigenvalue weighted by Crippen LogP contribution is -2.35. The number of carbonyl (C=O) groups is 1. The van der Waals surface area contributed by atoms with E-state index >= 15 is 0 Å². The molecule has 0 radical (unpaired) electrons. The topological polar surface area (TPSA) is 59.5 Å². The van der Waals surface area contributed by atoms with Crippen LogP contribution in [-0.4, -0.2) is 11.9 Å². The minimum atomic E-state index is -0.0827. The highest BCUT2D eigenvalue weighted by atomic mass is 16.4. The van der Waals surface area contributed by atoms with E-state index in [1.165, 1.54) is 0 Å². The van der Waals surface area contributed by atoms with Gasteiger partial charge in [-0.1, -0.05) is 6.92 Å². The summed E-state index contributed by atoms with van der Waals surface area (Å²) in [6, 6.07) is 9.42. The third-order valence-corrected chi connectivity index (χ3v) is 3.76. The number of rotatable bonds is 2. The molecule has 0 aliphatic carbocycles. The fourth-order valence-corrected chi connectivity index (χ4v) is 2.76.